The van der Waals surface area contributed by atoms with E-state index in [1.54, 1.807) is 0 Å². The fourth-order valence-corrected chi connectivity index (χ4v) is 30.2. The molecule has 0 aromatic rings. The van der Waals surface area contributed by atoms with E-state index in [9.17, 15) is 0 Å². The second-order valence-corrected chi connectivity index (χ2v) is 45.7. The summed E-state index contributed by atoms with van der Waals surface area (Å²) >= 11 is 0. The maximum absolute atomic E-state index is 4.88. The minimum atomic E-state index is -1.41. The van der Waals surface area contributed by atoms with Crippen molar-refractivity contribution in [3.05, 3.63) is 19.9 Å². The van der Waals surface area contributed by atoms with Gasteiger partial charge in [0.05, 0.1) is 0 Å². The second kappa shape index (κ2) is 18.2. The summed E-state index contributed by atoms with van der Waals surface area (Å²) in [6, 6.07) is 0.681. The molecule has 0 aromatic carbocycles. The average Bonchev–Trinajstić information content (AvgIpc) is 2.34. The molecule has 0 rings (SSSR count). The molecule has 0 radical (unpaired) electrons. The van der Waals surface area contributed by atoms with Crippen molar-refractivity contribution in [1.29, 1.82) is 0 Å². The van der Waals surface area contributed by atoms with Crippen LogP contribution in [-0.4, -0.2) is 72.0 Å². The molecule has 0 amide bonds. The van der Waals surface area contributed by atoms with Crippen molar-refractivity contribution in [3.63, 3.8) is 0 Å². The molecule has 0 bridgehead atoms. The van der Waals surface area contributed by atoms with Gasteiger partial charge in [-0.25, -0.2) is 0 Å². The smallest absolute Gasteiger partial charge is 0.668 e. The van der Waals surface area contributed by atoms with Crippen LogP contribution in [0.25, 0.3) is 19.9 Å². The number of hydrogen-bond donors (Lipinski definition) is 0. The second-order valence-electron chi connectivity index (χ2n) is 16.5. The molecule has 0 N–H and O–H groups in total. The Morgan fingerprint density at radius 3 is 0.676 bits per heavy atom. The van der Waals surface area contributed by atoms with Crippen LogP contribution in [0.2, 0.25) is 118 Å². The molecule has 0 fully saturated rings. The molecule has 0 saturated carbocycles. The van der Waals surface area contributed by atoms with Crippen LogP contribution < -0.4 is 0 Å². The van der Waals surface area contributed by atoms with E-state index in [1.165, 1.54) is 0 Å². The van der Waals surface area contributed by atoms with Gasteiger partial charge in [0.25, 0.3) is 0 Å². The fraction of sp³-hybridized carbons (Fsp3) is 1.00. The molecule has 222 valence electrons. The van der Waals surface area contributed by atoms with E-state index < -0.39 is 49.4 Å². The summed E-state index contributed by atoms with van der Waals surface area (Å²) < 4.78 is 12.3. The molecular weight excluding hydrogens is 679 g/mol. The summed E-state index contributed by atoms with van der Waals surface area (Å²) in [7, 11) is -7.25. The van der Waals surface area contributed by atoms with Crippen LogP contribution in [0.15, 0.2) is 0 Å². The van der Waals surface area contributed by atoms with Gasteiger partial charge in [-0.15, -0.1) is 12.1 Å². The third-order valence-electron chi connectivity index (χ3n) is 3.88. The first-order valence-electron chi connectivity index (χ1n) is 13.9. The van der Waals surface area contributed by atoms with Crippen LogP contribution >= 0.6 is 0 Å². The zero-order chi connectivity index (χ0) is 30.1. The Morgan fingerprint density at radius 1 is 0.405 bits per heavy atom. The van der Waals surface area contributed by atoms with Crippen molar-refractivity contribution in [1.82, 2.24) is 4.23 Å². The van der Waals surface area contributed by atoms with E-state index in [0.717, 1.165) is 0 Å². The summed E-state index contributed by atoms with van der Waals surface area (Å²) in [5.41, 5.74) is 0. The predicted octanol–water partition coefficient (Wildman–Crippen LogP) is 10.9. The third kappa shape index (κ3) is 34.6. The number of nitrogens with zero attached hydrogens (tertiary/aromatic N) is 5. The SMILES string of the molecule is CC(C)[N-]C([N-]C(C)C)N([Si](C)(C)C)[Si](C)(C)C.C[Si](C)(C)[N-][Si](C)(C)C.C[Si](C)(C)[N-][Si](C)(C)C.[Ce+4]. The molecule has 0 aromatic heterocycles. The van der Waals surface area contributed by atoms with Crippen LogP contribution in [-0.2, 0) is 0 Å². The van der Waals surface area contributed by atoms with E-state index in [1.807, 2.05) is 0 Å². The Bertz CT molecular complexity index is 507. The van der Waals surface area contributed by atoms with Crippen LogP contribution in [0.1, 0.15) is 27.7 Å². The molecule has 5 nitrogen and oxygen atoms in total. The van der Waals surface area contributed by atoms with E-state index >= 15 is 0 Å². The van der Waals surface area contributed by atoms with E-state index in [4.69, 9.17) is 19.9 Å². The standard InChI is InChI=1S/C13H33N3Si2.2C6H18NSi2.Ce/c1-11(2)14-13(15-12(3)4)16(17(5,6)7)18(8,9)10;2*1-8(2,3)7-9(4,5)6;/h11-13H,1-10H3;2*1-6H3;/q-2;2*-1;+4. The molecule has 0 atom stereocenters. The molecule has 0 aliphatic rings. The Hall–Kier alpha value is 2.48. The van der Waals surface area contributed by atoms with Crippen LogP contribution in [0, 0.1) is 41.7 Å². The summed E-state index contributed by atoms with van der Waals surface area (Å²) in [6.45, 7) is 50.6. The van der Waals surface area contributed by atoms with Gasteiger partial charge in [-0.1, -0.05) is 178 Å². The molecule has 37 heavy (non-hydrogen) atoms. The quantitative estimate of drug-likeness (QED) is 0.194. The van der Waals surface area contributed by atoms with Gasteiger partial charge in [-0.3, -0.25) is 0 Å². The molecule has 0 aliphatic carbocycles. The molecule has 0 aliphatic heterocycles. The Balaban J connectivity index is -0.000000242. The molecular formula is C25H69CeN5Si6. The molecule has 12 heteroatoms. The Morgan fingerprint density at radius 2 is 0.595 bits per heavy atom. The van der Waals surface area contributed by atoms with E-state index in [2.05, 4.69) is 150 Å². The Kier molecular flexibility index (Phi) is 22.9. The zero-order valence-electron chi connectivity index (χ0n) is 29.5. The van der Waals surface area contributed by atoms with Crippen molar-refractivity contribution < 1.29 is 41.7 Å². The maximum atomic E-state index is 4.88. The van der Waals surface area contributed by atoms with Gasteiger partial charge < -0.3 is 24.2 Å². The van der Waals surface area contributed by atoms with Crippen LogP contribution in [0.5, 0.6) is 0 Å². The zero-order valence-corrected chi connectivity index (χ0v) is 38.6. The maximum Gasteiger partial charge on any atom is 4.00 e. The third-order valence-corrected chi connectivity index (χ3v) is 22.0. The summed E-state index contributed by atoms with van der Waals surface area (Å²) in [5.74, 6) is 0. The molecule has 0 saturated heterocycles. The van der Waals surface area contributed by atoms with Crippen molar-refractivity contribution in [2.45, 2.75) is 164 Å². The number of rotatable bonds is 11. The van der Waals surface area contributed by atoms with E-state index in [-0.39, 0.29) is 48.0 Å². The van der Waals surface area contributed by atoms with Crippen LogP contribution in [0.3, 0.4) is 0 Å². The number of hydrogen-bond acceptors (Lipinski definition) is 1. The van der Waals surface area contributed by atoms with Gasteiger partial charge in [0.2, 0.25) is 0 Å². The normalized spacial score (nSPS) is 13.8. The topological polar surface area (TPSA) is 59.6 Å². The first-order valence-corrected chi connectivity index (χ1v) is 34.6. The fourth-order valence-electron chi connectivity index (χ4n) is 4.42. The van der Waals surface area contributed by atoms with Gasteiger partial charge in [0, 0.05) is 0 Å². The first kappa shape index (κ1) is 46.4. The van der Waals surface area contributed by atoms with Gasteiger partial charge in [-0.05, 0) is 0 Å². The molecule has 0 spiro atoms. The monoisotopic (exact) mass is 747 g/mol. The van der Waals surface area contributed by atoms with Crippen LogP contribution in [0.4, 0.5) is 0 Å². The molecule has 0 heterocycles. The van der Waals surface area contributed by atoms with Gasteiger partial charge in [0.1, 0.15) is 16.5 Å². The first-order chi connectivity index (χ1) is 15.3. The van der Waals surface area contributed by atoms with E-state index in [0.29, 0.717) is 12.1 Å². The predicted molar refractivity (Wildman–Crippen MR) is 189 cm³/mol. The van der Waals surface area contributed by atoms with Gasteiger partial charge >= 0.3 is 41.7 Å². The van der Waals surface area contributed by atoms with Crippen molar-refractivity contribution in [2.24, 2.45) is 0 Å². The largest absolute Gasteiger partial charge is 4.00 e. The average molecular weight is 748 g/mol. The summed E-state index contributed by atoms with van der Waals surface area (Å²) in [6.07, 6.45) is 0.0586. The summed E-state index contributed by atoms with van der Waals surface area (Å²) in [4.78, 5) is 0. The summed E-state index contributed by atoms with van der Waals surface area (Å²) in [5, 5.41) is 9.76. The van der Waals surface area contributed by atoms with Crippen molar-refractivity contribution in [2.75, 3.05) is 0 Å². The van der Waals surface area contributed by atoms with Crippen molar-refractivity contribution in [3.8, 4) is 0 Å². The minimum Gasteiger partial charge on any atom is -0.668 e. The van der Waals surface area contributed by atoms with Gasteiger partial charge in [-0.2, -0.15) is 6.29 Å². The Labute approximate surface area is 276 Å². The molecule has 0 unspecified atom stereocenters. The van der Waals surface area contributed by atoms with Gasteiger partial charge in [0.15, 0.2) is 0 Å². The van der Waals surface area contributed by atoms with Crippen molar-refractivity contribution >= 4 is 49.4 Å². The minimum absolute atomic E-state index is 0.